The fourth-order valence-corrected chi connectivity index (χ4v) is 5.53. The molecule has 3 aromatic rings. The maximum atomic E-state index is 14.3. The van der Waals surface area contributed by atoms with Gasteiger partial charge in [0.2, 0.25) is 5.70 Å². The molecule has 0 spiro atoms. The highest BCUT2D eigenvalue weighted by atomic mass is 19.1. The maximum absolute atomic E-state index is 14.3. The zero-order chi connectivity index (χ0) is 24.2. The second-order valence-electron chi connectivity index (χ2n) is 9.75. The summed E-state index contributed by atoms with van der Waals surface area (Å²) in [4.78, 5) is 30.4. The molecule has 0 N–H and O–H groups in total. The number of carbonyl (C=O) groups is 1. The molecule has 172 valence electrons. The van der Waals surface area contributed by atoms with Crippen LogP contribution in [0.3, 0.4) is 0 Å². The molecule has 0 amide bonds. The van der Waals surface area contributed by atoms with Gasteiger partial charge in [-0.1, -0.05) is 39.8 Å². The van der Waals surface area contributed by atoms with E-state index in [0.717, 1.165) is 29.2 Å². The van der Waals surface area contributed by atoms with E-state index < -0.39 is 5.41 Å². The van der Waals surface area contributed by atoms with Crippen LogP contribution in [0.5, 0.6) is 0 Å². The Morgan fingerprint density at radius 2 is 2.00 bits per heavy atom. The van der Waals surface area contributed by atoms with Gasteiger partial charge in [0.05, 0.1) is 23.5 Å². The van der Waals surface area contributed by atoms with E-state index in [-0.39, 0.29) is 35.1 Å². The van der Waals surface area contributed by atoms with E-state index in [1.165, 1.54) is 12.1 Å². The third-order valence-corrected chi connectivity index (χ3v) is 7.28. The van der Waals surface area contributed by atoms with Gasteiger partial charge in [-0.25, -0.2) is 24.2 Å². The first-order chi connectivity index (χ1) is 16.2. The third kappa shape index (κ3) is 3.28. The van der Waals surface area contributed by atoms with Gasteiger partial charge in [0.1, 0.15) is 17.5 Å². The number of hydrogen-bond acceptors (Lipinski definition) is 4. The largest absolute Gasteiger partial charge is 0.308 e. The molecular weight excluding hydrogens is 429 g/mol. The van der Waals surface area contributed by atoms with Crippen molar-refractivity contribution < 1.29 is 9.18 Å². The standard InChI is InChI=1S/C27H26FN5O/c1-15(2)25-30-13-17(14-31-25)26-32-24-22(33(26)19-8-6-7-18(28)11-19)10-9-20-16(3)23(34)21(29-5)12-27(20,24)4/h6-8,11-16,20H,9-10H2,1-4H3/t16-,20-,27-/m1/s1. The first-order valence-electron chi connectivity index (χ1n) is 11.6. The Balaban J connectivity index is 1.77. The van der Waals surface area contributed by atoms with Crippen LogP contribution in [0.2, 0.25) is 0 Å². The summed E-state index contributed by atoms with van der Waals surface area (Å²) in [7, 11) is 0. The molecular formula is C27H26FN5O. The molecule has 2 heterocycles. The molecule has 0 radical (unpaired) electrons. The van der Waals surface area contributed by atoms with Gasteiger partial charge in [-0.3, -0.25) is 4.57 Å². The van der Waals surface area contributed by atoms with Crippen LogP contribution in [0.1, 0.15) is 57.2 Å². The first kappa shape index (κ1) is 22.1. The number of benzene rings is 1. The zero-order valence-corrected chi connectivity index (χ0v) is 19.7. The average Bonchev–Trinajstić information content (AvgIpc) is 3.22. The van der Waals surface area contributed by atoms with Crippen molar-refractivity contribution >= 4 is 5.78 Å². The lowest BCUT2D eigenvalue weighted by atomic mass is 9.59. The summed E-state index contributed by atoms with van der Waals surface area (Å²) in [5, 5.41) is 0. The van der Waals surface area contributed by atoms with Gasteiger partial charge in [0.15, 0.2) is 5.78 Å². The molecule has 0 aliphatic heterocycles. The number of nitrogens with zero attached hydrogens (tertiary/aromatic N) is 5. The molecule has 0 unspecified atom stereocenters. The summed E-state index contributed by atoms with van der Waals surface area (Å²) in [6, 6.07) is 6.46. The minimum Gasteiger partial charge on any atom is -0.308 e. The Morgan fingerprint density at radius 1 is 1.26 bits per heavy atom. The number of hydrogen-bond donors (Lipinski definition) is 0. The maximum Gasteiger partial charge on any atom is 0.226 e. The SMILES string of the molecule is [C-]#[N+]C1=C[C@@]2(C)c3nc(-c4cnc(C(C)C)nc4)n(-c4cccc(F)c4)c3CC[C@@H]2[C@@H](C)C1=O. The molecule has 3 atom stereocenters. The van der Waals surface area contributed by atoms with E-state index in [4.69, 9.17) is 11.6 Å². The normalized spacial score (nSPS) is 23.8. The quantitative estimate of drug-likeness (QED) is 0.494. The molecule has 0 saturated heterocycles. The Morgan fingerprint density at radius 3 is 2.65 bits per heavy atom. The minimum atomic E-state index is -0.577. The molecule has 5 rings (SSSR count). The summed E-state index contributed by atoms with van der Waals surface area (Å²) in [5.41, 5.74) is 2.80. The number of aromatic nitrogens is 4. The van der Waals surface area contributed by atoms with Crippen LogP contribution in [0.15, 0.2) is 48.4 Å². The van der Waals surface area contributed by atoms with Gasteiger partial charge >= 0.3 is 0 Å². The van der Waals surface area contributed by atoms with E-state index in [9.17, 15) is 9.18 Å². The van der Waals surface area contributed by atoms with E-state index in [1.54, 1.807) is 24.5 Å². The highest BCUT2D eigenvalue weighted by Crippen LogP contribution is 2.50. The monoisotopic (exact) mass is 455 g/mol. The number of halogens is 1. The topological polar surface area (TPSA) is 65.0 Å². The van der Waals surface area contributed by atoms with Gasteiger partial charge in [-0.15, -0.1) is 0 Å². The first-order valence-corrected chi connectivity index (χ1v) is 11.6. The lowest BCUT2D eigenvalue weighted by Gasteiger charge is -2.44. The van der Waals surface area contributed by atoms with Crippen molar-refractivity contribution in [2.24, 2.45) is 11.8 Å². The van der Waals surface area contributed by atoms with Gasteiger partial charge in [0.25, 0.3) is 0 Å². The van der Waals surface area contributed by atoms with Gasteiger partial charge in [-0.2, -0.15) is 0 Å². The van der Waals surface area contributed by atoms with Crippen LogP contribution in [0.25, 0.3) is 21.9 Å². The van der Waals surface area contributed by atoms with Crippen LogP contribution >= 0.6 is 0 Å². The fourth-order valence-electron chi connectivity index (χ4n) is 5.53. The molecule has 34 heavy (non-hydrogen) atoms. The van der Waals surface area contributed by atoms with Crippen LogP contribution in [-0.4, -0.2) is 25.3 Å². The number of ketones is 1. The summed E-state index contributed by atoms with van der Waals surface area (Å²) in [6.45, 7) is 15.6. The summed E-state index contributed by atoms with van der Waals surface area (Å²) in [5.74, 6) is 0.935. The summed E-state index contributed by atoms with van der Waals surface area (Å²) >= 11 is 0. The predicted molar refractivity (Wildman–Crippen MR) is 127 cm³/mol. The van der Waals surface area contributed by atoms with Crippen LogP contribution < -0.4 is 0 Å². The van der Waals surface area contributed by atoms with E-state index >= 15 is 0 Å². The van der Waals surface area contributed by atoms with Crippen LogP contribution in [-0.2, 0) is 16.6 Å². The molecule has 0 bridgehead atoms. The molecule has 6 nitrogen and oxygen atoms in total. The van der Waals surface area contributed by atoms with Crippen LogP contribution in [0.4, 0.5) is 4.39 Å². The van der Waals surface area contributed by atoms with Crippen LogP contribution in [0, 0.1) is 24.2 Å². The third-order valence-electron chi connectivity index (χ3n) is 7.28. The Labute approximate surface area is 198 Å². The average molecular weight is 456 g/mol. The molecule has 0 saturated carbocycles. The molecule has 2 aliphatic rings. The second kappa shape index (κ2) is 7.98. The molecule has 2 aromatic heterocycles. The summed E-state index contributed by atoms with van der Waals surface area (Å²) in [6.07, 6.45) is 6.80. The zero-order valence-electron chi connectivity index (χ0n) is 19.7. The van der Waals surface area contributed by atoms with Crippen molar-refractivity contribution in [3.8, 4) is 17.1 Å². The fraction of sp³-hybridized carbons (Fsp3) is 0.370. The molecule has 1 aromatic carbocycles. The molecule has 7 heteroatoms. The van der Waals surface area contributed by atoms with Crippen molar-refractivity contribution in [3.63, 3.8) is 0 Å². The van der Waals surface area contributed by atoms with Crippen molar-refractivity contribution in [1.82, 2.24) is 19.5 Å². The number of rotatable bonds is 3. The lowest BCUT2D eigenvalue weighted by Crippen LogP contribution is -2.45. The minimum absolute atomic E-state index is 0.0428. The molecule has 2 aliphatic carbocycles. The van der Waals surface area contributed by atoms with Crippen molar-refractivity contribution in [1.29, 1.82) is 0 Å². The smallest absolute Gasteiger partial charge is 0.226 e. The van der Waals surface area contributed by atoms with Gasteiger partial charge < -0.3 is 4.79 Å². The van der Waals surface area contributed by atoms with E-state index in [0.29, 0.717) is 17.9 Å². The lowest BCUT2D eigenvalue weighted by molar-refractivity contribution is -0.121. The predicted octanol–water partition coefficient (Wildman–Crippen LogP) is 5.43. The van der Waals surface area contributed by atoms with E-state index in [1.807, 2.05) is 31.4 Å². The number of fused-ring (bicyclic) bond motifs is 3. The number of carbonyl (C=O) groups excluding carboxylic acids is 1. The highest BCUT2D eigenvalue weighted by molar-refractivity contribution is 6.00. The Bertz CT molecular complexity index is 1360. The van der Waals surface area contributed by atoms with Crippen molar-refractivity contribution in [3.05, 3.63) is 82.9 Å². The summed E-state index contributed by atoms with van der Waals surface area (Å²) < 4.78 is 16.2. The highest BCUT2D eigenvalue weighted by Gasteiger charge is 2.50. The number of Topliss-reactive ketones (excluding diaryl/α,β-unsaturated/α-hetero) is 1. The van der Waals surface area contributed by atoms with E-state index in [2.05, 4.69) is 21.7 Å². The van der Waals surface area contributed by atoms with Crippen molar-refractivity contribution in [2.45, 2.75) is 51.9 Å². The second-order valence-corrected chi connectivity index (χ2v) is 9.75. The number of allylic oxidation sites excluding steroid dienone is 2. The van der Waals surface area contributed by atoms with Crippen molar-refractivity contribution in [2.75, 3.05) is 0 Å². The Hall–Kier alpha value is -3.66. The van der Waals surface area contributed by atoms with Gasteiger partial charge in [0, 0.05) is 35.3 Å². The van der Waals surface area contributed by atoms with Gasteiger partial charge in [-0.05, 0) is 37.0 Å². The molecule has 0 fully saturated rings. The Kier molecular flexibility index (Phi) is 5.20. The number of imidazole rings is 1.